The van der Waals surface area contributed by atoms with Gasteiger partial charge in [-0.3, -0.25) is 0 Å². The van der Waals surface area contributed by atoms with E-state index >= 15 is 0 Å². The summed E-state index contributed by atoms with van der Waals surface area (Å²) in [6, 6.07) is 65.2. The summed E-state index contributed by atoms with van der Waals surface area (Å²) in [5, 5.41) is 3.10. The van der Waals surface area contributed by atoms with Crippen LogP contribution in [0.5, 0.6) is 0 Å². The molecule has 0 fully saturated rings. The van der Waals surface area contributed by atoms with E-state index in [2.05, 4.69) is 158 Å². The molecule has 0 saturated heterocycles. The van der Waals surface area contributed by atoms with Crippen molar-refractivity contribution in [1.29, 1.82) is 0 Å². The lowest BCUT2D eigenvalue weighted by atomic mass is 9.70. The minimum Gasteiger partial charge on any atom is -0.455 e. The Labute approximate surface area is 311 Å². The first-order valence-electron chi connectivity index (χ1n) is 18.5. The lowest BCUT2D eigenvalue weighted by Crippen LogP contribution is -2.25. The molecule has 0 bridgehead atoms. The first-order chi connectivity index (χ1) is 26.8. The Bertz CT molecular complexity index is 3110. The molecule has 3 heteroatoms. The predicted octanol–water partition coefficient (Wildman–Crippen LogP) is 12.9. The van der Waals surface area contributed by atoms with Gasteiger partial charge in [-0.2, -0.15) is 0 Å². The summed E-state index contributed by atoms with van der Waals surface area (Å²) in [4.78, 5) is 10.4. The van der Waals surface area contributed by atoms with E-state index in [1.807, 2.05) is 24.3 Å². The maximum Gasteiger partial charge on any atom is 0.161 e. The van der Waals surface area contributed by atoms with Crippen LogP contribution in [-0.4, -0.2) is 9.97 Å². The van der Waals surface area contributed by atoms with Crippen molar-refractivity contribution >= 4 is 32.8 Å². The first-order valence-corrected chi connectivity index (χ1v) is 18.5. The third kappa shape index (κ3) is 3.85. The molecule has 12 rings (SSSR count). The largest absolute Gasteiger partial charge is 0.455 e. The van der Waals surface area contributed by atoms with Gasteiger partial charge in [0.2, 0.25) is 0 Å². The molecule has 2 aromatic heterocycles. The summed E-state index contributed by atoms with van der Waals surface area (Å²) in [7, 11) is 0. The number of para-hydroxylation sites is 2. The normalized spacial score (nSPS) is 13.3. The highest BCUT2D eigenvalue weighted by atomic mass is 16.3. The average Bonchev–Trinajstić information content (AvgIpc) is 3.88. The van der Waals surface area contributed by atoms with Crippen LogP contribution in [0.1, 0.15) is 22.3 Å². The third-order valence-electron chi connectivity index (χ3n) is 11.7. The number of benzene rings is 8. The Hall–Kier alpha value is -7.10. The van der Waals surface area contributed by atoms with E-state index in [4.69, 9.17) is 14.4 Å². The Kier molecular flexibility index (Phi) is 5.98. The van der Waals surface area contributed by atoms with Gasteiger partial charge >= 0.3 is 0 Å². The maximum absolute atomic E-state index is 6.86. The maximum atomic E-state index is 6.86. The number of fused-ring (bicyclic) bond motifs is 14. The summed E-state index contributed by atoms with van der Waals surface area (Å²) in [5.74, 6) is 0.682. The minimum absolute atomic E-state index is 0.409. The molecule has 0 atom stereocenters. The molecule has 2 aliphatic rings. The van der Waals surface area contributed by atoms with Gasteiger partial charge in [0.25, 0.3) is 0 Å². The topological polar surface area (TPSA) is 38.9 Å². The Balaban J connectivity index is 1.09. The lowest BCUT2D eigenvalue weighted by molar-refractivity contribution is 0.670. The second kappa shape index (κ2) is 11.0. The zero-order valence-corrected chi connectivity index (χ0v) is 29.1. The third-order valence-corrected chi connectivity index (χ3v) is 11.7. The summed E-state index contributed by atoms with van der Waals surface area (Å²) < 4.78 is 6.86. The van der Waals surface area contributed by atoms with Gasteiger partial charge < -0.3 is 4.42 Å². The van der Waals surface area contributed by atoms with E-state index in [1.165, 1.54) is 44.5 Å². The molecule has 54 heavy (non-hydrogen) atoms. The molecule has 10 aromatic rings. The van der Waals surface area contributed by atoms with Crippen LogP contribution in [0, 0.1) is 0 Å². The average molecular weight is 687 g/mol. The molecule has 0 N–H and O–H groups in total. The van der Waals surface area contributed by atoms with Crippen LogP contribution in [-0.2, 0) is 5.41 Å². The molecular formula is C51H30N2O. The minimum atomic E-state index is -0.409. The monoisotopic (exact) mass is 686 g/mol. The van der Waals surface area contributed by atoms with E-state index in [0.717, 1.165) is 60.8 Å². The van der Waals surface area contributed by atoms with Crippen LogP contribution in [0.3, 0.4) is 0 Å². The fourth-order valence-corrected chi connectivity index (χ4v) is 9.54. The van der Waals surface area contributed by atoms with Crippen molar-refractivity contribution in [3.8, 4) is 56.0 Å². The number of nitrogens with zero attached hydrogens (tertiary/aromatic N) is 2. The van der Waals surface area contributed by atoms with Crippen molar-refractivity contribution in [3.63, 3.8) is 0 Å². The standard InChI is InChI=1S/C51H30N2O/c1-2-14-31(15-3-1)48-38-19-7-11-26-45(38)52-50(53-48)40-22-13-27-46-47(40)39-21-12-20-33(49(39)54-46)32-28-29-37-36-18-6-10-25-43(36)51(44(37)30-32)41-23-8-4-16-34(41)35-17-5-9-24-42(35)51/h1-30H. The van der Waals surface area contributed by atoms with Crippen LogP contribution in [0.4, 0.5) is 0 Å². The molecule has 0 amide bonds. The lowest BCUT2D eigenvalue weighted by Gasteiger charge is -2.30. The summed E-state index contributed by atoms with van der Waals surface area (Å²) in [6.07, 6.45) is 0. The molecule has 250 valence electrons. The van der Waals surface area contributed by atoms with Gasteiger partial charge in [0, 0.05) is 32.8 Å². The van der Waals surface area contributed by atoms with Gasteiger partial charge in [-0.1, -0.05) is 164 Å². The van der Waals surface area contributed by atoms with Crippen LogP contribution in [0.2, 0.25) is 0 Å². The number of aromatic nitrogens is 2. The zero-order valence-electron chi connectivity index (χ0n) is 29.1. The Morgan fingerprint density at radius 3 is 1.70 bits per heavy atom. The summed E-state index contributed by atoms with van der Waals surface area (Å²) >= 11 is 0. The van der Waals surface area contributed by atoms with E-state index in [1.54, 1.807) is 0 Å². The SMILES string of the molecule is c1ccc(-c2nc(-c3cccc4oc5c(-c6ccc7c(c6)C6(c8ccccc8-c8ccccc86)c6ccccc6-7)cccc5c34)nc3ccccc23)cc1. The van der Waals surface area contributed by atoms with Crippen LogP contribution in [0.15, 0.2) is 186 Å². The van der Waals surface area contributed by atoms with Gasteiger partial charge in [0.15, 0.2) is 5.82 Å². The molecule has 1 spiro atoms. The fraction of sp³-hybridized carbons (Fsp3) is 0.0196. The summed E-state index contributed by atoms with van der Waals surface area (Å²) in [5.41, 5.74) is 17.8. The smallest absolute Gasteiger partial charge is 0.161 e. The van der Waals surface area contributed by atoms with E-state index in [9.17, 15) is 0 Å². The number of hydrogen-bond donors (Lipinski definition) is 0. The van der Waals surface area contributed by atoms with E-state index < -0.39 is 5.41 Å². The highest BCUT2D eigenvalue weighted by Crippen LogP contribution is 2.63. The molecule has 8 aromatic carbocycles. The molecular weight excluding hydrogens is 657 g/mol. The highest BCUT2D eigenvalue weighted by molar-refractivity contribution is 6.15. The molecule has 0 saturated carbocycles. The summed E-state index contributed by atoms with van der Waals surface area (Å²) in [6.45, 7) is 0. The quantitative estimate of drug-likeness (QED) is 0.186. The Morgan fingerprint density at radius 2 is 0.963 bits per heavy atom. The van der Waals surface area contributed by atoms with Crippen molar-refractivity contribution < 1.29 is 4.42 Å². The van der Waals surface area contributed by atoms with Crippen LogP contribution < -0.4 is 0 Å². The van der Waals surface area contributed by atoms with E-state index in [-0.39, 0.29) is 0 Å². The number of hydrogen-bond acceptors (Lipinski definition) is 3. The number of furan rings is 1. The van der Waals surface area contributed by atoms with Crippen molar-refractivity contribution in [1.82, 2.24) is 9.97 Å². The van der Waals surface area contributed by atoms with Crippen molar-refractivity contribution in [2.24, 2.45) is 0 Å². The van der Waals surface area contributed by atoms with Crippen molar-refractivity contribution in [2.75, 3.05) is 0 Å². The molecule has 0 aliphatic heterocycles. The molecule has 2 heterocycles. The van der Waals surface area contributed by atoms with E-state index in [0.29, 0.717) is 5.82 Å². The Morgan fingerprint density at radius 1 is 0.389 bits per heavy atom. The fourth-order valence-electron chi connectivity index (χ4n) is 9.54. The van der Waals surface area contributed by atoms with Crippen molar-refractivity contribution in [2.45, 2.75) is 5.41 Å². The van der Waals surface area contributed by atoms with Crippen LogP contribution >= 0.6 is 0 Å². The predicted molar refractivity (Wildman–Crippen MR) is 219 cm³/mol. The van der Waals surface area contributed by atoms with Crippen molar-refractivity contribution in [3.05, 3.63) is 204 Å². The van der Waals surface area contributed by atoms with Gasteiger partial charge in [-0.15, -0.1) is 0 Å². The van der Waals surface area contributed by atoms with Gasteiger partial charge in [-0.05, 0) is 68.3 Å². The zero-order chi connectivity index (χ0) is 35.4. The molecule has 2 aliphatic carbocycles. The highest BCUT2D eigenvalue weighted by Gasteiger charge is 2.51. The second-order valence-electron chi connectivity index (χ2n) is 14.4. The molecule has 0 radical (unpaired) electrons. The van der Waals surface area contributed by atoms with Gasteiger partial charge in [-0.25, -0.2) is 9.97 Å². The van der Waals surface area contributed by atoms with Gasteiger partial charge in [0.05, 0.1) is 16.6 Å². The molecule has 3 nitrogen and oxygen atoms in total. The molecule has 0 unspecified atom stereocenters. The number of rotatable bonds is 3. The van der Waals surface area contributed by atoms with Gasteiger partial charge in [0.1, 0.15) is 11.2 Å². The van der Waals surface area contributed by atoms with Crippen LogP contribution in [0.25, 0.3) is 88.9 Å². The first kappa shape index (κ1) is 29.5. The second-order valence-corrected chi connectivity index (χ2v) is 14.4.